The van der Waals surface area contributed by atoms with Crippen molar-refractivity contribution >= 4 is 0 Å². The second kappa shape index (κ2) is 4.43. The van der Waals surface area contributed by atoms with Crippen molar-refractivity contribution < 1.29 is 5.11 Å². The Labute approximate surface area is 80.9 Å². The van der Waals surface area contributed by atoms with E-state index in [-0.39, 0.29) is 0 Å². The molecular formula is C11H21NO. The van der Waals surface area contributed by atoms with Gasteiger partial charge in [0.1, 0.15) is 0 Å². The minimum atomic E-state index is 0.392. The third-order valence-corrected chi connectivity index (χ3v) is 3.65. The fourth-order valence-electron chi connectivity index (χ4n) is 2.85. The molecule has 1 N–H and O–H groups in total. The molecule has 2 heteroatoms. The zero-order valence-electron chi connectivity index (χ0n) is 8.41. The average Bonchev–Trinajstić information content (AvgIpc) is 2.71. The minimum absolute atomic E-state index is 0.392. The van der Waals surface area contributed by atoms with Crippen molar-refractivity contribution in [2.75, 3.05) is 19.7 Å². The molecule has 76 valence electrons. The number of likely N-dealkylation sites (tertiary alicyclic amines) is 1. The Morgan fingerprint density at radius 1 is 1.08 bits per heavy atom. The van der Waals surface area contributed by atoms with Gasteiger partial charge in [-0.2, -0.15) is 0 Å². The predicted octanol–water partition coefficient (Wildman–Crippen LogP) is 1.63. The maximum atomic E-state index is 9.12. The van der Waals surface area contributed by atoms with Crippen molar-refractivity contribution in [1.82, 2.24) is 4.90 Å². The number of aliphatic hydroxyl groups excluding tert-OH is 1. The second-order valence-corrected chi connectivity index (χ2v) is 4.62. The van der Waals surface area contributed by atoms with E-state index in [0.29, 0.717) is 12.5 Å². The molecule has 1 aliphatic heterocycles. The summed E-state index contributed by atoms with van der Waals surface area (Å²) in [5.41, 5.74) is 0. The molecule has 1 heterocycles. The van der Waals surface area contributed by atoms with Gasteiger partial charge in [-0.05, 0) is 38.1 Å². The third-order valence-electron chi connectivity index (χ3n) is 3.65. The van der Waals surface area contributed by atoms with Gasteiger partial charge in [-0.25, -0.2) is 0 Å². The van der Waals surface area contributed by atoms with Crippen molar-refractivity contribution in [3.05, 3.63) is 0 Å². The van der Waals surface area contributed by atoms with E-state index in [1.807, 2.05) is 0 Å². The number of hydrogen-bond acceptors (Lipinski definition) is 2. The van der Waals surface area contributed by atoms with E-state index in [9.17, 15) is 0 Å². The normalized spacial score (nSPS) is 32.5. The quantitative estimate of drug-likeness (QED) is 0.703. The Hall–Kier alpha value is -0.0800. The summed E-state index contributed by atoms with van der Waals surface area (Å²) in [6, 6.07) is 0.856. The molecule has 0 unspecified atom stereocenters. The summed E-state index contributed by atoms with van der Waals surface area (Å²) < 4.78 is 0. The highest BCUT2D eigenvalue weighted by Gasteiger charge is 2.27. The Morgan fingerprint density at radius 2 is 1.85 bits per heavy atom. The lowest BCUT2D eigenvalue weighted by atomic mass is 9.97. The largest absolute Gasteiger partial charge is 0.396 e. The summed E-state index contributed by atoms with van der Waals surface area (Å²) in [6.45, 7) is 2.82. The first-order chi connectivity index (χ1) is 6.40. The van der Waals surface area contributed by atoms with Crippen LogP contribution in [-0.4, -0.2) is 35.7 Å². The molecule has 0 aromatic rings. The number of hydrogen-bond donors (Lipinski definition) is 1. The van der Waals surface area contributed by atoms with Gasteiger partial charge in [-0.15, -0.1) is 0 Å². The van der Waals surface area contributed by atoms with Crippen LogP contribution in [0.1, 0.15) is 38.5 Å². The van der Waals surface area contributed by atoms with E-state index in [4.69, 9.17) is 5.11 Å². The molecule has 1 saturated carbocycles. The second-order valence-electron chi connectivity index (χ2n) is 4.62. The molecule has 0 radical (unpaired) electrons. The molecule has 2 fully saturated rings. The molecule has 13 heavy (non-hydrogen) atoms. The van der Waals surface area contributed by atoms with Gasteiger partial charge in [-0.3, -0.25) is 0 Å². The van der Waals surface area contributed by atoms with Gasteiger partial charge in [0.05, 0.1) is 0 Å². The Kier molecular flexibility index (Phi) is 3.23. The molecular weight excluding hydrogens is 162 g/mol. The molecule has 0 amide bonds. The fraction of sp³-hybridized carbons (Fsp3) is 1.00. The average molecular weight is 183 g/mol. The van der Waals surface area contributed by atoms with Crippen LogP contribution in [0.15, 0.2) is 0 Å². The monoisotopic (exact) mass is 183 g/mol. The standard InChI is InChI=1S/C11H21NO/c13-9-10-4-3-7-12(8-10)11-5-1-2-6-11/h10-11,13H,1-9H2/t10-/m1/s1. The van der Waals surface area contributed by atoms with Gasteiger partial charge in [0.25, 0.3) is 0 Å². The molecule has 2 rings (SSSR count). The maximum absolute atomic E-state index is 9.12. The highest BCUT2D eigenvalue weighted by molar-refractivity contribution is 4.82. The molecule has 0 aromatic heterocycles. The molecule has 0 spiro atoms. The van der Waals surface area contributed by atoms with E-state index < -0.39 is 0 Å². The van der Waals surface area contributed by atoms with Crippen molar-refractivity contribution in [2.24, 2.45) is 5.92 Å². The molecule has 1 aliphatic carbocycles. The molecule has 1 atom stereocenters. The third kappa shape index (κ3) is 2.23. The van der Waals surface area contributed by atoms with Gasteiger partial charge in [0.2, 0.25) is 0 Å². The fourth-order valence-corrected chi connectivity index (χ4v) is 2.85. The summed E-state index contributed by atoms with van der Waals surface area (Å²) in [6.07, 6.45) is 8.17. The maximum Gasteiger partial charge on any atom is 0.0471 e. The summed E-state index contributed by atoms with van der Waals surface area (Å²) >= 11 is 0. The Balaban J connectivity index is 1.84. The SMILES string of the molecule is OC[C@@H]1CCCN(C2CCCC2)C1. The smallest absolute Gasteiger partial charge is 0.0471 e. The van der Waals surface area contributed by atoms with Crippen LogP contribution >= 0.6 is 0 Å². The zero-order valence-corrected chi connectivity index (χ0v) is 8.41. The summed E-state index contributed by atoms with van der Waals surface area (Å²) in [4.78, 5) is 2.62. The first-order valence-corrected chi connectivity index (χ1v) is 5.75. The molecule has 0 bridgehead atoms. The lowest BCUT2D eigenvalue weighted by molar-refractivity contribution is 0.0897. The van der Waals surface area contributed by atoms with Crippen LogP contribution in [0.3, 0.4) is 0 Å². The molecule has 2 nitrogen and oxygen atoms in total. The van der Waals surface area contributed by atoms with E-state index in [0.717, 1.165) is 12.6 Å². The Bertz CT molecular complexity index is 154. The van der Waals surface area contributed by atoms with Crippen molar-refractivity contribution in [2.45, 2.75) is 44.6 Å². The van der Waals surface area contributed by atoms with Crippen LogP contribution < -0.4 is 0 Å². The number of nitrogens with zero attached hydrogens (tertiary/aromatic N) is 1. The van der Waals surface area contributed by atoms with Gasteiger partial charge in [0, 0.05) is 19.2 Å². The molecule has 0 aromatic carbocycles. The summed E-state index contributed by atoms with van der Waals surface area (Å²) in [7, 11) is 0. The number of rotatable bonds is 2. The predicted molar refractivity (Wildman–Crippen MR) is 53.6 cm³/mol. The van der Waals surface area contributed by atoms with E-state index >= 15 is 0 Å². The van der Waals surface area contributed by atoms with Gasteiger partial charge < -0.3 is 10.0 Å². The summed E-state index contributed by atoms with van der Waals surface area (Å²) in [5, 5.41) is 9.12. The van der Waals surface area contributed by atoms with Crippen LogP contribution in [0.5, 0.6) is 0 Å². The van der Waals surface area contributed by atoms with E-state index in [1.165, 1.54) is 45.1 Å². The van der Waals surface area contributed by atoms with E-state index in [2.05, 4.69) is 4.90 Å². The minimum Gasteiger partial charge on any atom is -0.396 e. The highest BCUT2D eigenvalue weighted by atomic mass is 16.3. The van der Waals surface area contributed by atoms with E-state index in [1.54, 1.807) is 0 Å². The Morgan fingerprint density at radius 3 is 2.54 bits per heavy atom. The first kappa shape index (κ1) is 9.47. The van der Waals surface area contributed by atoms with Crippen LogP contribution in [0.25, 0.3) is 0 Å². The lowest BCUT2D eigenvalue weighted by Crippen LogP contribution is -2.42. The van der Waals surface area contributed by atoms with Crippen LogP contribution in [0.2, 0.25) is 0 Å². The lowest BCUT2D eigenvalue weighted by Gasteiger charge is -2.36. The van der Waals surface area contributed by atoms with Crippen molar-refractivity contribution in [3.63, 3.8) is 0 Å². The van der Waals surface area contributed by atoms with Gasteiger partial charge in [0.15, 0.2) is 0 Å². The zero-order chi connectivity index (χ0) is 9.10. The van der Waals surface area contributed by atoms with Crippen molar-refractivity contribution in [3.8, 4) is 0 Å². The van der Waals surface area contributed by atoms with Crippen LogP contribution in [0, 0.1) is 5.92 Å². The van der Waals surface area contributed by atoms with Crippen molar-refractivity contribution in [1.29, 1.82) is 0 Å². The summed E-state index contributed by atoms with van der Waals surface area (Å²) in [5.74, 6) is 0.564. The molecule has 2 aliphatic rings. The highest BCUT2D eigenvalue weighted by Crippen LogP contribution is 2.27. The van der Waals surface area contributed by atoms with Crippen LogP contribution in [-0.2, 0) is 0 Å². The van der Waals surface area contributed by atoms with Crippen LogP contribution in [0.4, 0.5) is 0 Å². The number of aliphatic hydroxyl groups is 1. The van der Waals surface area contributed by atoms with Gasteiger partial charge >= 0.3 is 0 Å². The number of piperidine rings is 1. The van der Waals surface area contributed by atoms with Gasteiger partial charge in [-0.1, -0.05) is 12.8 Å². The molecule has 1 saturated heterocycles. The first-order valence-electron chi connectivity index (χ1n) is 5.75. The topological polar surface area (TPSA) is 23.5 Å².